The van der Waals surface area contributed by atoms with Crippen LogP contribution in [0.25, 0.3) is 0 Å². The van der Waals surface area contributed by atoms with E-state index in [0.29, 0.717) is 25.2 Å². The van der Waals surface area contributed by atoms with Gasteiger partial charge in [-0.15, -0.1) is 10.2 Å². The molecule has 27 heavy (non-hydrogen) atoms. The molecule has 9 nitrogen and oxygen atoms in total. The lowest BCUT2D eigenvalue weighted by Gasteiger charge is -2.13. The van der Waals surface area contributed by atoms with Gasteiger partial charge in [0.1, 0.15) is 0 Å². The van der Waals surface area contributed by atoms with Gasteiger partial charge in [0.2, 0.25) is 15.9 Å². The number of sulfonamides is 1. The Bertz CT molecular complexity index is 908. The van der Waals surface area contributed by atoms with E-state index in [1.807, 2.05) is 6.07 Å². The number of likely N-dealkylation sites (tertiary alicyclic amines) is 1. The quantitative estimate of drug-likeness (QED) is 0.785. The minimum atomic E-state index is -3.55. The molecule has 1 amide bonds. The highest BCUT2D eigenvalue weighted by Crippen LogP contribution is 2.27. The van der Waals surface area contributed by atoms with Crippen molar-refractivity contribution in [2.24, 2.45) is 0 Å². The number of carbonyl (C=O) groups excluding carboxylic acids is 1. The molecule has 2 unspecified atom stereocenters. The molecule has 2 aromatic rings. The van der Waals surface area contributed by atoms with Crippen LogP contribution < -0.4 is 10.0 Å². The average Bonchev–Trinajstić information content (AvgIpc) is 3.42. The van der Waals surface area contributed by atoms with Crippen LogP contribution in [-0.2, 0) is 10.0 Å². The van der Waals surface area contributed by atoms with Crippen molar-refractivity contribution in [1.82, 2.24) is 20.4 Å². The Kier molecular flexibility index (Phi) is 4.83. The Morgan fingerprint density at radius 1 is 1.19 bits per heavy atom. The van der Waals surface area contributed by atoms with E-state index >= 15 is 0 Å². The van der Waals surface area contributed by atoms with Gasteiger partial charge in [-0.2, -0.15) is 0 Å². The number of amides is 1. The lowest BCUT2D eigenvalue weighted by Crippen LogP contribution is -2.29. The minimum Gasteiger partial charge on any atom is -0.415 e. The third-order valence-corrected chi connectivity index (χ3v) is 6.64. The van der Waals surface area contributed by atoms with Crippen LogP contribution in [0.3, 0.4) is 0 Å². The molecule has 0 spiro atoms. The van der Waals surface area contributed by atoms with Crippen LogP contribution in [-0.4, -0.2) is 54.3 Å². The van der Waals surface area contributed by atoms with Crippen LogP contribution in [0.15, 0.2) is 34.7 Å². The van der Waals surface area contributed by atoms with Gasteiger partial charge in [0.15, 0.2) is 0 Å². The first-order valence-electron chi connectivity index (χ1n) is 8.96. The highest BCUT2D eigenvalue weighted by molar-refractivity contribution is 7.93. The SMILES string of the molecule is O=C(c1nnc(C2CC(S(=O)(=O)Nc3ccccc3)CN2)o1)N1CCCC1. The Morgan fingerprint density at radius 3 is 2.67 bits per heavy atom. The normalized spacial score (nSPS) is 22.9. The van der Waals surface area contributed by atoms with Crippen molar-refractivity contribution in [2.45, 2.75) is 30.6 Å². The molecule has 3 heterocycles. The molecule has 1 aromatic carbocycles. The molecule has 2 saturated heterocycles. The van der Waals surface area contributed by atoms with Gasteiger partial charge in [-0.05, 0) is 31.4 Å². The second-order valence-corrected chi connectivity index (χ2v) is 8.74. The van der Waals surface area contributed by atoms with E-state index in [0.717, 1.165) is 12.8 Å². The van der Waals surface area contributed by atoms with Crippen molar-refractivity contribution in [3.05, 3.63) is 42.1 Å². The van der Waals surface area contributed by atoms with Crippen LogP contribution >= 0.6 is 0 Å². The standard InChI is InChI=1S/C17H21N5O4S/c23-17(22-8-4-5-9-22)16-20-19-15(26-16)14-10-13(11-18-14)27(24,25)21-12-6-2-1-3-7-12/h1-3,6-7,13-14,18,21H,4-5,8-11H2. The first-order chi connectivity index (χ1) is 13.0. The maximum Gasteiger partial charge on any atom is 0.311 e. The molecule has 2 N–H and O–H groups in total. The summed E-state index contributed by atoms with van der Waals surface area (Å²) >= 11 is 0. The second-order valence-electron chi connectivity index (χ2n) is 6.78. The third kappa shape index (κ3) is 3.81. The van der Waals surface area contributed by atoms with Gasteiger partial charge in [-0.3, -0.25) is 9.52 Å². The lowest BCUT2D eigenvalue weighted by molar-refractivity contribution is 0.0750. The summed E-state index contributed by atoms with van der Waals surface area (Å²) in [7, 11) is -3.55. The van der Waals surface area contributed by atoms with Gasteiger partial charge in [0, 0.05) is 25.3 Å². The molecule has 0 bridgehead atoms. The molecule has 144 valence electrons. The Balaban J connectivity index is 1.41. The molecule has 0 saturated carbocycles. The Morgan fingerprint density at radius 2 is 1.93 bits per heavy atom. The second kappa shape index (κ2) is 7.28. The van der Waals surface area contributed by atoms with Gasteiger partial charge >= 0.3 is 11.8 Å². The largest absolute Gasteiger partial charge is 0.415 e. The summed E-state index contributed by atoms with van der Waals surface area (Å²) in [6, 6.07) is 8.37. The highest BCUT2D eigenvalue weighted by Gasteiger charge is 2.37. The maximum absolute atomic E-state index is 12.6. The van der Waals surface area contributed by atoms with E-state index in [-0.39, 0.29) is 24.2 Å². The van der Waals surface area contributed by atoms with Gasteiger partial charge in [-0.1, -0.05) is 18.2 Å². The number of anilines is 1. The number of carbonyl (C=O) groups is 1. The topological polar surface area (TPSA) is 117 Å². The molecule has 10 heteroatoms. The fraction of sp³-hybridized carbons (Fsp3) is 0.471. The lowest BCUT2D eigenvalue weighted by atomic mass is 10.2. The van der Waals surface area contributed by atoms with Crippen molar-refractivity contribution < 1.29 is 17.6 Å². The monoisotopic (exact) mass is 391 g/mol. The van der Waals surface area contributed by atoms with E-state index in [2.05, 4.69) is 20.2 Å². The summed E-state index contributed by atoms with van der Waals surface area (Å²) < 4.78 is 33.3. The van der Waals surface area contributed by atoms with Crippen LogP contribution in [0.5, 0.6) is 0 Å². The van der Waals surface area contributed by atoms with Gasteiger partial charge in [0.25, 0.3) is 0 Å². The van der Waals surface area contributed by atoms with Gasteiger partial charge in [0.05, 0.1) is 11.3 Å². The summed E-state index contributed by atoms with van der Waals surface area (Å²) in [5.74, 6) is -0.0588. The van der Waals surface area contributed by atoms with Crippen molar-refractivity contribution in [3.63, 3.8) is 0 Å². The first kappa shape index (κ1) is 17.9. The summed E-state index contributed by atoms with van der Waals surface area (Å²) in [5.41, 5.74) is 0.525. The molecule has 2 atom stereocenters. The van der Waals surface area contributed by atoms with Crippen LogP contribution in [0.2, 0.25) is 0 Å². The van der Waals surface area contributed by atoms with E-state index in [4.69, 9.17) is 4.42 Å². The number of para-hydroxylation sites is 1. The van der Waals surface area contributed by atoms with Crippen LogP contribution in [0, 0.1) is 0 Å². The molecule has 1 aromatic heterocycles. The van der Waals surface area contributed by atoms with Crippen molar-refractivity contribution >= 4 is 21.6 Å². The van der Waals surface area contributed by atoms with Gasteiger partial charge in [-0.25, -0.2) is 8.42 Å². The molecule has 2 aliphatic heterocycles. The Labute approximate surface area is 157 Å². The number of nitrogens with zero attached hydrogens (tertiary/aromatic N) is 3. The van der Waals surface area contributed by atoms with Crippen molar-refractivity contribution in [2.75, 3.05) is 24.4 Å². The predicted molar refractivity (Wildman–Crippen MR) is 97.6 cm³/mol. The van der Waals surface area contributed by atoms with E-state index in [1.165, 1.54) is 0 Å². The predicted octanol–water partition coefficient (Wildman–Crippen LogP) is 1.15. The number of nitrogens with one attached hydrogen (secondary N) is 2. The number of benzene rings is 1. The van der Waals surface area contributed by atoms with E-state index in [9.17, 15) is 13.2 Å². The summed E-state index contributed by atoms with van der Waals surface area (Å²) in [4.78, 5) is 14.0. The molecular weight excluding hydrogens is 370 g/mol. The highest BCUT2D eigenvalue weighted by atomic mass is 32.2. The van der Waals surface area contributed by atoms with Crippen LogP contribution in [0.1, 0.15) is 41.9 Å². The number of hydrogen-bond donors (Lipinski definition) is 2. The van der Waals surface area contributed by atoms with Crippen molar-refractivity contribution in [3.8, 4) is 0 Å². The molecular formula is C17H21N5O4S. The van der Waals surface area contributed by atoms with E-state index in [1.54, 1.807) is 29.2 Å². The summed E-state index contributed by atoms with van der Waals surface area (Å²) in [6.45, 7) is 1.66. The number of aromatic nitrogens is 2. The smallest absolute Gasteiger partial charge is 0.311 e. The number of hydrogen-bond acceptors (Lipinski definition) is 7. The zero-order chi connectivity index (χ0) is 18.9. The maximum atomic E-state index is 12.6. The summed E-state index contributed by atoms with van der Waals surface area (Å²) in [6.07, 6.45) is 2.25. The summed E-state index contributed by atoms with van der Waals surface area (Å²) in [5, 5.41) is 10.3. The minimum absolute atomic E-state index is 0.0394. The average molecular weight is 391 g/mol. The first-order valence-corrected chi connectivity index (χ1v) is 10.5. The van der Waals surface area contributed by atoms with Crippen LogP contribution in [0.4, 0.5) is 5.69 Å². The molecule has 4 rings (SSSR count). The molecule has 0 radical (unpaired) electrons. The van der Waals surface area contributed by atoms with Crippen molar-refractivity contribution in [1.29, 1.82) is 0 Å². The molecule has 0 aliphatic carbocycles. The van der Waals surface area contributed by atoms with E-state index < -0.39 is 21.3 Å². The fourth-order valence-corrected chi connectivity index (χ4v) is 4.79. The number of rotatable bonds is 5. The fourth-order valence-electron chi connectivity index (χ4n) is 3.40. The Hall–Kier alpha value is -2.46. The van der Waals surface area contributed by atoms with Gasteiger partial charge < -0.3 is 14.6 Å². The zero-order valence-electron chi connectivity index (χ0n) is 14.7. The molecule has 2 fully saturated rings. The third-order valence-electron chi connectivity index (χ3n) is 4.88. The zero-order valence-corrected chi connectivity index (χ0v) is 15.5. The molecule has 2 aliphatic rings.